The third-order valence-corrected chi connectivity index (χ3v) is 5.45. The van der Waals surface area contributed by atoms with Gasteiger partial charge in [-0.15, -0.1) is 11.3 Å². The van der Waals surface area contributed by atoms with Gasteiger partial charge in [-0.2, -0.15) is 0 Å². The van der Waals surface area contributed by atoms with Crippen LogP contribution in [0.3, 0.4) is 0 Å². The van der Waals surface area contributed by atoms with Crippen LogP contribution in [0.25, 0.3) is 0 Å². The van der Waals surface area contributed by atoms with Gasteiger partial charge in [-0.1, -0.05) is 13.3 Å². The fraction of sp³-hybridized carbons (Fsp3) is 0.588. The van der Waals surface area contributed by atoms with Crippen molar-refractivity contribution in [2.45, 2.75) is 58.5 Å². The summed E-state index contributed by atoms with van der Waals surface area (Å²) in [5.74, 6) is 0. The third kappa shape index (κ3) is 3.38. The number of thiazole rings is 1. The predicted molar refractivity (Wildman–Crippen MR) is 89.0 cm³/mol. The smallest absolute Gasteiger partial charge is 0.0797 e. The Morgan fingerprint density at radius 3 is 3.05 bits per heavy atom. The van der Waals surface area contributed by atoms with Crippen LogP contribution >= 0.6 is 11.3 Å². The maximum absolute atomic E-state index is 4.34. The van der Waals surface area contributed by atoms with Crippen LogP contribution in [-0.4, -0.2) is 16.1 Å². The van der Waals surface area contributed by atoms with Gasteiger partial charge in [0.1, 0.15) is 0 Å². The first-order valence-corrected chi connectivity index (χ1v) is 8.96. The van der Waals surface area contributed by atoms with E-state index in [0.717, 1.165) is 19.5 Å². The maximum Gasteiger partial charge on any atom is 0.0797 e. The van der Waals surface area contributed by atoms with Crippen LogP contribution < -0.4 is 5.32 Å². The number of aryl methyl sites for hydroxylation is 4. The van der Waals surface area contributed by atoms with E-state index in [1.807, 2.05) is 5.51 Å². The molecular weight excluding hydrogens is 278 g/mol. The Balaban J connectivity index is 1.73. The number of nitrogens with one attached hydrogen (secondary N) is 1. The monoisotopic (exact) mass is 303 g/mol. The van der Waals surface area contributed by atoms with Crippen LogP contribution in [0.5, 0.6) is 0 Å². The molecule has 0 aliphatic heterocycles. The Morgan fingerprint density at radius 1 is 1.38 bits per heavy atom. The second-order valence-electron chi connectivity index (χ2n) is 5.94. The van der Waals surface area contributed by atoms with Crippen LogP contribution in [0.15, 0.2) is 17.9 Å². The molecule has 3 nitrogen and oxygen atoms in total. The lowest BCUT2D eigenvalue weighted by molar-refractivity contribution is 0.501. The lowest BCUT2D eigenvalue weighted by Gasteiger charge is -2.15. The van der Waals surface area contributed by atoms with Crippen molar-refractivity contribution in [3.05, 3.63) is 39.6 Å². The highest BCUT2D eigenvalue weighted by Gasteiger charge is 2.19. The minimum absolute atomic E-state index is 0.555. The van der Waals surface area contributed by atoms with E-state index < -0.39 is 0 Å². The highest BCUT2D eigenvalue weighted by atomic mass is 32.1. The molecule has 0 radical (unpaired) electrons. The molecule has 0 saturated heterocycles. The Hall–Kier alpha value is -1.13. The normalized spacial score (nSPS) is 18.5. The summed E-state index contributed by atoms with van der Waals surface area (Å²) in [6.07, 6.45) is 11.0. The van der Waals surface area contributed by atoms with Gasteiger partial charge in [0.25, 0.3) is 0 Å². The molecule has 0 saturated carbocycles. The molecule has 0 aromatic carbocycles. The van der Waals surface area contributed by atoms with E-state index in [2.05, 4.69) is 41.1 Å². The van der Waals surface area contributed by atoms with Crippen molar-refractivity contribution in [3.8, 4) is 0 Å². The SMILES string of the molecule is CCNC1CCCCc2cn(CCc3scnc3C)cc21. The van der Waals surface area contributed by atoms with Gasteiger partial charge < -0.3 is 9.88 Å². The molecule has 1 aliphatic carbocycles. The zero-order valence-electron chi connectivity index (χ0n) is 13.1. The van der Waals surface area contributed by atoms with E-state index in [1.165, 1.54) is 41.8 Å². The van der Waals surface area contributed by atoms with Crippen molar-refractivity contribution in [1.82, 2.24) is 14.9 Å². The standard InChI is InChI=1S/C17H25N3S/c1-3-18-16-7-5-4-6-14-10-20(11-15(14)16)9-8-17-13(2)19-12-21-17/h10-12,16,18H,3-9H2,1-2H3. The number of hydrogen-bond acceptors (Lipinski definition) is 3. The van der Waals surface area contributed by atoms with Crippen molar-refractivity contribution >= 4 is 11.3 Å². The Morgan fingerprint density at radius 2 is 2.29 bits per heavy atom. The fourth-order valence-corrected chi connectivity index (χ4v) is 4.07. The molecule has 0 amide bonds. The summed E-state index contributed by atoms with van der Waals surface area (Å²) in [5, 5.41) is 3.65. The molecule has 2 aromatic heterocycles. The summed E-state index contributed by atoms with van der Waals surface area (Å²) < 4.78 is 2.39. The number of fused-ring (bicyclic) bond motifs is 1. The molecule has 114 valence electrons. The van der Waals surface area contributed by atoms with Gasteiger partial charge in [0.15, 0.2) is 0 Å². The van der Waals surface area contributed by atoms with Gasteiger partial charge in [0.2, 0.25) is 0 Å². The highest BCUT2D eigenvalue weighted by Crippen LogP contribution is 2.29. The maximum atomic E-state index is 4.34. The van der Waals surface area contributed by atoms with E-state index in [9.17, 15) is 0 Å². The van der Waals surface area contributed by atoms with Gasteiger partial charge in [-0.25, -0.2) is 4.98 Å². The molecule has 1 unspecified atom stereocenters. The average molecular weight is 303 g/mol. The Labute approximate surface area is 131 Å². The van der Waals surface area contributed by atoms with E-state index in [-0.39, 0.29) is 0 Å². The number of hydrogen-bond donors (Lipinski definition) is 1. The second-order valence-corrected chi connectivity index (χ2v) is 6.88. The molecule has 0 spiro atoms. The van der Waals surface area contributed by atoms with Crippen molar-refractivity contribution in [2.75, 3.05) is 6.54 Å². The van der Waals surface area contributed by atoms with Gasteiger partial charge >= 0.3 is 0 Å². The van der Waals surface area contributed by atoms with E-state index in [1.54, 1.807) is 16.9 Å². The van der Waals surface area contributed by atoms with Crippen molar-refractivity contribution in [1.29, 1.82) is 0 Å². The van der Waals surface area contributed by atoms with Gasteiger partial charge in [-0.3, -0.25) is 0 Å². The molecule has 0 bridgehead atoms. The molecule has 2 heterocycles. The molecule has 4 heteroatoms. The summed E-state index contributed by atoms with van der Waals surface area (Å²) in [4.78, 5) is 5.76. The third-order valence-electron chi connectivity index (χ3n) is 4.45. The number of rotatable bonds is 5. The molecule has 0 fully saturated rings. The van der Waals surface area contributed by atoms with E-state index >= 15 is 0 Å². The summed E-state index contributed by atoms with van der Waals surface area (Å²) in [6, 6.07) is 0.555. The average Bonchev–Trinajstić information content (AvgIpc) is 3.02. The molecule has 3 rings (SSSR count). The summed E-state index contributed by atoms with van der Waals surface area (Å²) in [5.41, 5.74) is 6.24. The summed E-state index contributed by atoms with van der Waals surface area (Å²) in [6.45, 7) is 6.43. The lowest BCUT2D eigenvalue weighted by Crippen LogP contribution is -2.20. The van der Waals surface area contributed by atoms with Gasteiger partial charge in [0.05, 0.1) is 11.2 Å². The molecule has 21 heavy (non-hydrogen) atoms. The lowest BCUT2D eigenvalue weighted by atomic mass is 10.0. The van der Waals surface area contributed by atoms with E-state index in [0.29, 0.717) is 6.04 Å². The largest absolute Gasteiger partial charge is 0.353 e. The molecule has 2 aromatic rings. The van der Waals surface area contributed by atoms with Crippen LogP contribution in [0.2, 0.25) is 0 Å². The fourth-order valence-electron chi connectivity index (χ4n) is 3.30. The second kappa shape index (κ2) is 6.75. The van der Waals surface area contributed by atoms with Crippen LogP contribution in [0.4, 0.5) is 0 Å². The zero-order chi connectivity index (χ0) is 14.7. The highest BCUT2D eigenvalue weighted by molar-refractivity contribution is 7.09. The minimum atomic E-state index is 0.555. The predicted octanol–water partition coefficient (Wildman–Crippen LogP) is 3.87. The Kier molecular flexibility index (Phi) is 4.76. The van der Waals surface area contributed by atoms with Crippen LogP contribution in [-0.2, 0) is 19.4 Å². The van der Waals surface area contributed by atoms with Crippen LogP contribution in [0, 0.1) is 6.92 Å². The van der Waals surface area contributed by atoms with Gasteiger partial charge in [0, 0.05) is 36.3 Å². The first kappa shape index (κ1) is 14.8. The molecule has 1 N–H and O–H groups in total. The van der Waals surface area contributed by atoms with E-state index in [4.69, 9.17) is 0 Å². The topological polar surface area (TPSA) is 29.9 Å². The minimum Gasteiger partial charge on any atom is -0.353 e. The number of nitrogens with zero attached hydrogens (tertiary/aromatic N) is 2. The van der Waals surface area contributed by atoms with Crippen LogP contribution in [0.1, 0.15) is 53.9 Å². The van der Waals surface area contributed by atoms with Crippen molar-refractivity contribution < 1.29 is 0 Å². The number of aromatic nitrogens is 2. The quantitative estimate of drug-likeness (QED) is 0.850. The zero-order valence-corrected chi connectivity index (χ0v) is 13.9. The van der Waals surface area contributed by atoms with Crippen molar-refractivity contribution in [2.24, 2.45) is 0 Å². The van der Waals surface area contributed by atoms with Crippen molar-refractivity contribution in [3.63, 3.8) is 0 Å². The Bertz CT molecular complexity index is 585. The van der Waals surface area contributed by atoms with Gasteiger partial charge in [-0.05, 0) is 43.9 Å². The summed E-state index contributed by atoms with van der Waals surface area (Å²) in [7, 11) is 0. The molecular formula is C17H25N3S. The molecule has 1 atom stereocenters. The first-order valence-electron chi connectivity index (χ1n) is 8.08. The first-order chi connectivity index (χ1) is 10.3. The summed E-state index contributed by atoms with van der Waals surface area (Å²) >= 11 is 1.78. The molecule has 1 aliphatic rings.